The Morgan fingerprint density at radius 3 is 2.46 bits per heavy atom. The Morgan fingerprint density at radius 1 is 1.54 bits per heavy atom. The highest BCUT2D eigenvalue weighted by Gasteiger charge is 2.23. The van der Waals surface area contributed by atoms with Gasteiger partial charge in [-0.15, -0.1) is 0 Å². The van der Waals surface area contributed by atoms with Crippen LogP contribution in [0.15, 0.2) is 0 Å². The second kappa shape index (κ2) is 4.41. The van der Waals surface area contributed by atoms with E-state index in [9.17, 15) is 4.79 Å². The van der Waals surface area contributed by atoms with Gasteiger partial charge in [0.25, 0.3) is 0 Å². The fourth-order valence-corrected chi connectivity index (χ4v) is 1.76. The Balaban J connectivity index is 2.39. The van der Waals surface area contributed by atoms with Crippen LogP contribution in [0.3, 0.4) is 0 Å². The Morgan fingerprint density at radius 2 is 2.08 bits per heavy atom. The van der Waals surface area contributed by atoms with Crippen molar-refractivity contribution in [3.8, 4) is 0 Å². The van der Waals surface area contributed by atoms with Crippen molar-refractivity contribution in [3.05, 3.63) is 0 Å². The Labute approximate surface area is 83.5 Å². The van der Waals surface area contributed by atoms with Gasteiger partial charge in [-0.25, -0.2) is 4.79 Å². The zero-order valence-electron chi connectivity index (χ0n) is 7.75. The van der Waals surface area contributed by atoms with E-state index in [4.69, 9.17) is 18.0 Å². The molecule has 0 radical (unpaired) electrons. The first-order valence-corrected chi connectivity index (χ1v) is 4.82. The molecule has 0 bridgehead atoms. The number of nitrogens with zero attached hydrogens (tertiary/aromatic N) is 1. The number of nitrogens with two attached hydrogens (primary N) is 1. The molecule has 0 atom stereocenters. The molecule has 1 rings (SSSR count). The molecule has 5 heteroatoms. The molecule has 13 heavy (non-hydrogen) atoms. The summed E-state index contributed by atoms with van der Waals surface area (Å²) in [5, 5.41) is 2.60. The van der Waals surface area contributed by atoms with Gasteiger partial charge < -0.3 is 16.0 Å². The zero-order valence-corrected chi connectivity index (χ0v) is 8.56. The number of rotatable bonds is 1. The summed E-state index contributed by atoms with van der Waals surface area (Å²) in [7, 11) is 1.64. The van der Waals surface area contributed by atoms with Gasteiger partial charge in [0.2, 0.25) is 0 Å². The first-order valence-electron chi connectivity index (χ1n) is 4.41. The molecule has 1 saturated heterocycles. The summed E-state index contributed by atoms with van der Waals surface area (Å²) in [6.45, 7) is 1.50. The fourth-order valence-electron chi connectivity index (χ4n) is 1.53. The number of carbonyl (C=O) groups is 1. The third-order valence-electron chi connectivity index (χ3n) is 2.40. The molecule has 0 spiro atoms. The predicted molar refractivity (Wildman–Crippen MR) is 55.5 cm³/mol. The Hall–Kier alpha value is -0.840. The van der Waals surface area contributed by atoms with Gasteiger partial charge in [0.15, 0.2) is 0 Å². The van der Waals surface area contributed by atoms with Crippen molar-refractivity contribution >= 4 is 23.2 Å². The van der Waals surface area contributed by atoms with Gasteiger partial charge in [-0.2, -0.15) is 0 Å². The van der Waals surface area contributed by atoms with E-state index in [1.54, 1.807) is 11.9 Å². The van der Waals surface area contributed by atoms with Crippen LogP contribution in [-0.2, 0) is 0 Å². The molecule has 0 aromatic rings. The van der Waals surface area contributed by atoms with Crippen molar-refractivity contribution in [1.82, 2.24) is 10.2 Å². The van der Waals surface area contributed by atoms with Crippen LogP contribution in [0, 0.1) is 5.92 Å². The highest BCUT2D eigenvalue weighted by molar-refractivity contribution is 7.80. The highest BCUT2D eigenvalue weighted by Crippen LogP contribution is 2.16. The highest BCUT2D eigenvalue weighted by atomic mass is 32.1. The lowest BCUT2D eigenvalue weighted by Crippen LogP contribution is -2.44. The van der Waals surface area contributed by atoms with Gasteiger partial charge in [-0.3, -0.25) is 0 Å². The summed E-state index contributed by atoms with van der Waals surface area (Å²) >= 11 is 4.91. The smallest absolute Gasteiger partial charge is 0.317 e. The number of urea groups is 1. The summed E-state index contributed by atoms with van der Waals surface area (Å²) < 4.78 is 0. The molecule has 0 aliphatic carbocycles. The number of thiocarbonyl (C=S) groups is 1. The number of nitrogens with one attached hydrogen (secondary N) is 1. The van der Waals surface area contributed by atoms with E-state index < -0.39 is 0 Å². The van der Waals surface area contributed by atoms with Gasteiger partial charge in [0, 0.05) is 26.1 Å². The van der Waals surface area contributed by atoms with Crippen LogP contribution in [0.1, 0.15) is 12.8 Å². The second-order valence-electron chi connectivity index (χ2n) is 3.22. The van der Waals surface area contributed by atoms with Crippen molar-refractivity contribution in [3.63, 3.8) is 0 Å². The van der Waals surface area contributed by atoms with E-state index in [2.05, 4.69) is 5.32 Å². The molecular weight excluding hydrogens is 186 g/mol. The minimum absolute atomic E-state index is 0.0126. The van der Waals surface area contributed by atoms with E-state index in [1.165, 1.54) is 0 Å². The summed E-state index contributed by atoms with van der Waals surface area (Å²) in [4.78, 5) is 13.6. The summed E-state index contributed by atoms with van der Waals surface area (Å²) in [5.74, 6) is 0.316. The van der Waals surface area contributed by atoms with E-state index in [0.717, 1.165) is 25.9 Å². The van der Waals surface area contributed by atoms with E-state index in [1.807, 2.05) is 0 Å². The molecule has 0 aromatic heterocycles. The minimum Gasteiger partial charge on any atom is -0.393 e. The molecule has 1 fully saturated rings. The van der Waals surface area contributed by atoms with Crippen LogP contribution in [0.5, 0.6) is 0 Å². The first kappa shape index (κ1) is 10.2. The maximum absolute atomic E-state index is 11.2. The van der Waals surface area contributed by atoms with Crippen LogP contribution in [-0.4, -0.2) is 36.1 Å². The predicted octanol–water partition coefficient (Wildman–Crippen LogP) is 0.324. The number of carbonyl (C=O) groups excluding carboxylic acids is 1. The summed E-state index contributed by atoms with van der Waals surface area (Å²) in [5.41, 5.74) is 5.53. The molecule has 4 nitrogen and oxygen atoms in total. The maximum atomic E-state index is 11.2. The molecule has 3 N–H and O–H groups in total. The molecular formula is C8H15N3OS. The monoisotopic (exact) mass is 201 g/mol. The molecule has 2 amide bonds. The SMILES string of the molecule is CNC(=O)N1CCC(C(N)=S)CC1. The van der Waals surface area contributed by atoms with Crippen LogP contribution >= 0.6 is 12.2 Å². The fraction of sp³-hybridized carbons (Fsp3) is 0.750. The van der Waals surface area contributed by atoms with Crippen LogP contribution in [0.2, 0.25) is 0 Å². The van der Waals surface area contributed by atoms with Gasteiger partial charge in [0.05, 0.1) is 4.99 Å². The molecule has 0 saturated carbocycles. The van der Waals surface area contributed by atoms with Gasteiger partial charge in [0.1, 0.15) is 0 Å². The van der Waals surface area contributed by atoms with Gasteiger partial charge >= 0.3 is 6.03 Å². The van der Waals surface area contributed by atoms with Crippen LogP contribution < -0.4 is 11.1 Å². The number of piperidine rings is 1. The average molecular weight is 201 g/mol. The van der Waals surface area contributed by atoms with Crippen LogP contribution in [0.25, 0.3) is 0 Å². The number of amides is 2. The normalized spacial score (nSPS) is 18.4. The second-order valence-corrected chi connectivity index (χ2v) is 3.69. The molecule has 74 valence electrons. The first-order chi connectivity index (χ1) is 6.15. The standard InChI is InChI=1S/C8H15N3OS/c1-10-8(12)11-4-2-6(3-5-11)7(9)13/h6H,2-5H2,1H3,(H2,9,13)(H,10,12). The zero-order chi connectivity index (χ0) is 9.84. The lowest BCUT2D eigenvalue weighted by atomic mass is 9.97. The lowest BCUT2D eigenvalue weighted by molar-refractivity contribution is 0.182. The summed E-state index contributed by atoms with van der Waals surface area (Å²) in [6.07, 6.45) is 1.78. The summed E-state index contributed by atoms with van der Waals surface area (Å²) in [6, 6.07) is -0.0126. The Kier molecular flexibility index (Phi) is 3.48. The third kappa shape index (κ3) is 2.55. The number of likely N-dealkylation sites (tertiary alicyclic amines) is 1. The minimum atomic E-state index is -0.0126. The van der Waals surface area contributed by atoms with Crippen LogP contribution in [0.4, 0.5) is 4.79 Å². The Bertz CT molecular complexity index is 211. The van der Waals surface area contributed by atoms with E-state index in [0.29, 0.717) is 10.9 Å². The van der Waals surface area contributed by atoms with Crippen molar-refractivity contribution < 1.29 is 4.79 Å². The quantitative estimate of drug-likeness (QED) is 0.601. The van der Waals surface area contributed by atoms with Gasteiger partial charge in [-0.05, 0) is 12.8 Å². The van der Waals surface area contributed by atoms with Crippen molar-refractivity contribution in [2.45, 2.75) is 12.8 Å². The molecule has 1 heterocycles. The third-order valence-corrected chi connectivity index (χ3v) is 2.73. The van der Waals surface area contributed by atoms with Crippen molar-refractivity contribution in [2.75, 3.05) is 20.1 Å². The number of hydrogen-bond donors (Lipinski definition) is 2. The molecule has 1 aliphatic rings. The van der Waals surface area contributed by atoms with Crippen molar-refractivity contribution in [2.24, 2.45) is 11.7 Å². The maximum Gasteiger partial charge on any atom is 0.317 e. The van der Waals surface area contributed by atoms with E-state index in [-0.39, 0.29) is 6.03 Å². The lowest BCUT2D eigenvalue weighted by Gasteiger charge is -2.30. The molecule has 1 aliphatic heterocycles. The van der Waals surface area contributed by atoms with Gasteiger partial charge in [-0.1, -0.05) is 12.2 Å². The average Bonchev–Trinajstić information content (AvgIpc) is 2.17. The molecule has 0 aromatic carbocycles. The number of hydrogen-bond acceptors (Lipinski definition) is 2. The topological polar surface area (TPSA) is 58.4 Å². The van der Waals surface area contributed by atoms with E-state index >= 15 is 0 Å². The van der Waals surface area contributed by atoms with Crippen molar-refractivity contribution in [1.29, 1.82) is 0 Å². The molecule has 0 unspecified atom stereocenters. The largest absolute Gasteiger partial charge is 0.393 e.